The molecule has 0 heterocycles. The van der Waals surface area contributed by atoms with Gasteiger partial charge in [-0.1, -0.05) is 84.6 Å². The molecule has 0 radical (unpaired) electrons. The highest BCUT2D eigenvalue weighted by Crippen LogP contribution is 2.40. The summed E-state index contributed by atoms with van der Waals surface area (Å²) in [6.45, 7) is 18.9. The first-order valence-electron chi connectivity index (χ1n) is 10.4. The molecular weight excluding hydrogens is 332 g/mol. The second-order valence-electron chi connectivity index (χ2n) is 9.76. The van der Waals surface area contributed by atoms with E-state index < -0.39 is 0 Å². The molecule has 0 aliphatic carbocycles. The largest absolute Gasteiger partial charge is 0.426 e. The van der Waals surface area contributed by atoms with E-state index in [0.717, 1.165) is 36.1 Å². The van der Waals surface area contributed by atoms with Crippen molar-refractivity contribution in [2.24, 2.45) is 0 Å². The van der Waals surface area contributed by atoms with Crippen molar-refractivity contribution in [3.05, 3.63) is 41.5 Å². The van der Waals surface area contributed by atoms with Gasteiger partial charge in [0.1, 0.15) is 5.75 Å². The highest BCUT2D eigenvalue weighted by Gasteiger charge is 2.28. The van der Waals surface area contributed by atoms with Crippen LogP contribution in [0.3, 0.4) is 0 Å². The number of carbonyl (C=O) groups is 1. The number of unbranched alkanes of at least 4 members (excludes halogenated alkanes) is 5. The summed E-state index contributed by atoms with van der Waals surface area (Å²) >= 11 is 0. The maximum atomic E-state index is 12.6. The Kier molecular flexibility index (Phi) is 8.78. The van der Waals surface area contributed by atoms with Crippen molar-refractivity contribution < 1.29 is 9.53 Å². The molecule has 0 spiro atoms. The third-order valence-electron chi connectivity index (χ3n) is 4.85. The summed E-state index contributed by atoms with van der Waals surface area (Å²) in [5, 5.41) is 0. The van der Waals surface area contributed by atoms with Crippen LogP contribution in [-0.4, -0.2) is 5.97 Å². The van der Waals surface area contributed by atoms with Gasteiger partial charge in [-0.3, -0.25) is 4.79 Å². The van der Waals surface area contributed by atoms with E-state index in [1.165, 1.54) is 24.8 Å². The second-order valence-corrected chi connectivity index (χ2v) is 9.76. The maximum absolute atomic E-state index is 12.6. The number of allylic oxidation sites excluding steroid dienone is 1. The van der Waals surface area contributed by atoms with Crippen LogP contribution in [0.25, 0.3) is 0 Å². The lowest BCUT2D eigenvalue weighted by Crippen LogP contribution is -2.22. The van der Waals surface area contributed by atoms with Crippen molar-refractivity contribution in [1.29, 1.82) is 0 Å². The molecule has 0 amide bonds. The molecule has 0 aliphatic rings. The number of hydrogen-bond donors (Lipinski definition) is 0. The van der Waals surface area contributed by atoms with Crippen LogP contribution in [0.1, 0.15) is 103 Å². The summed E-state index contributed by atoms with van der Waals surface area (Å²) in [6.07, 6.45) is 9.10. The molecule has 1 aromatic carbocycles. The number of ether oxygens (including phenoxy) is 1. The van der Waals surface area contributed by atoms with Gasteiger partial charge in [0.15, 0.2) is 0 Å². The summed E-state index contributed by atoms with van der Waals surface area (Å²) in [4.78, 5) is 12.6. The molecule has 0 N–H and O–H groups in total. The highest BCUT2D eigenvalue weighted by molar-refractivity contribution is 5.74. The highest BCUT2D eigenvalue weighted by atomic mass is 16.5. The Morgan fingerprint density at radius 2 is 1.41 bits per heavy atom. The van der Waals surface area contributed by atoms with E-state index in [9.17, 15) is 4.79 Å². The molecule has 2 heteroatoms. The number of aryl methyl sites for hydroxylation is 1. The van der Waals surface area contributed by atoms with E-state index in [1.54, 1.807) is 0 Å². The van der Waals surface area contributed by atoms with Crippen LogP contribution in [-0.2, 0) is 15.6 Å². The lowest BCUT2D eigenvalue weighted by atomic mass is 9.78. The van der Waals surface area contributed by atoms with Crippen LogP contribution in [0.15, 0.2) is 24.8 Å². The third kappa shape index (κ3) is 7.91. The summed E-state index contributed by atoms with van der Waals surface area (Å²) < 4.78 is 5.98. The molecule has 152 valence electrons. The molecule has 1 aromatic rings. The van der Waals surface area contributed by atoms with E-state index in [1.807, 2.05) is 6.08 Å². The molecule has 0 aromatic heterocycles. The van der Waals surface area contributed by atoms with Crippen molar-refractivity contribution in [2.45, 2.75) is 104 Å². The van der Waals surface area contributed by atoms with Gasteiger partial charge in [0.25, 0.3) is 0 Å². The van der Waals surface area contributed by atoms with Crippen LogP contribution < -0.4 is 4.74 Å². The minimum Gasteiger partial charge on any atom is -0.426 e. The molecule has 0 aliphatic heterocycles. The van der Waals surface area contributed by atoms with Crippen molar-refractivity contribution in [2.75, 3.05) is 0 Å². The molecule has 0 atom stereocenters. The van der Waals surface area contributed by atoms with Crippen LogP contribution in [0.4, 0.5) is 0 Å². The molecule has 0 unspecified atom stereocenters. The summed E-state index contributed by atoms with van der Waals surface area (Å²) in [7, 11) is 0. The normalized spacial score (nSPS) is 12.1. The van der Waals surface area contributed by atoms with Crippen molar-refractivity contribution in [3.8, 4) is 5.75 Å². The summed E-state index contributed by atoms with van der Waals surface area (Å²) in [6, 6.07) is 4.33. The molecule has 2 nitrogen and oxygen atoms in total. The first-order valence-corrected chi connectivity index (χ1v) is 10.4. The Bertz CT molecular complexity index is 592. The van der Waals surface area contributed by atoms with Crippen LogP contribution >= 0.6 is 0 Å². The molecule has 0 saturated heterocycles. The van der Waals surface area contributed by atoms with Gasteiger partial charge >= 0.3 is 5.97 Å². The Balaban J connectivity index is 2.85. The SMILES string of the molecule is C=CCCCCCCCC(=O)Oc1c(C(C)(C)C)cc(C)cc1C(C)(C)C. The van der Waals surface area contributed by atoms with Crippen LogP contribution in [0, 0.1) is 6.92 Å². The van der Waals surface area contributed by atoms with Gasteiger partial charge in [0.2, 0.25) is 0 Å². The Morgan fingerprint density at radius 3 is 1.89 bits per heavy atom. The topological polar surface area (TPSA) is 26.3 Å². The van der Waals surface area contributed by atoms with Gasteiger partial charge in [-0.15, -0.1) is 6.58 Å². The molecule has 0 saturated carbocycles. The minimum atomic E-state index is -0.110. The van der Waals surface area contributed by atoms with Gasteiger partial charge in [-0.2, -0.15) is 0 Å². The fourth-order valence-electron chi connectivity index (χ4n) is 3.25. The zero-order chi connectivity index (χ0) is 20.7. The average Bonchev–Trinajstić information content (AvgIpc) is 2.53. The minimum absolute atomic E-state index is 0.0766. The molecule has 0 fully saturated rings. The van der Waals surface area contributed by atoms with E-state index in [4.69, 9.17) is 4.74 Å². The Labute approximate surface area is 167 Å². The zero-order valence-electron chi connectivity index (χ0n) is 18.7. The van der Waals surface area contributed by atoms with Gasteiger partial charge in [0.05, 0.1) is 0 Å². The summed E-state index contributed by atoms with van der Waals surface area (Å²) in [5.41, 5.74) is 3.29. The second kappa shape index (κ2) is 10.1. The standard InChI is InChI=1S/C25H40O2/c1-9-10-11-12-13-14-15-16-22(26)27-23-20(24(3,4)5)17-19(2)18-21(23)25(6,7)8/h9,17-18H,1,10-16H2,2-8H3. The quantitative estimate of drug-likeness (QED) is 0.195. The van der Waals surface area contributed by atoms with Gasteiger partial charge < -0.3 is 4.74 Å². The molecule has 0 bridgehead atoms. The zero-order valence-corrected chi connectivity index (χ0v) is 18.7. The maximum Gasteiger partial charge on any atom is 0.311 e. The van der Waals surface area contributed by atoms with Gasteiger partial charge in [-0.25, -0.2) is 0 Å². The van der Waals surface area contributed by atoms with E-state index in [2.05, 4.69) is 67.2 Å². The first-order chi connectivity index (χ1) is 12.5. The molecular formula is C25H40O2. The number of benzene rings is 1. The van der Waals surface area contributed by atoms with E-state index in [0.29, 0.717) is 6.42 Å². The van der Waals surface area contributed by atoms with E-state index >= 15 is 0 Å². The van der Waals surface area contributed by atoms with Gasteiger partial charge in [0, 0.05) is 17.5 Å². The van der Waals surface area contributed by atoms with Crippen LogP contribution in [0.2, 0.25) is 0 Å². The molecule has 27 heavy (non-hydrogen) atoms. The Morgan fingerprint density at radius 1 is 0.926 bits per heavy atom. The monoisotopic (exact) mass is 372 g/mol. The van der Waals surface area contributed by atoms with Crippen molar-refractivity contribution >= 4 is 5.97 Å². The van der Waals surface area contributed by atoms with E-state index in [-0.39, 0.29) is 16.8 Å². The number of carbonyl (C=O) groups excluding carboxylic acids is 1. The lowest BCUT2D eigenvalue weighted by Gasteiger charge is -2.29. The predicted molar refractivity (Wildman–Crippen MR) is 117 cm³/mol. The Hall–Kier alpha value is -1.57. The predicted octanol–water partition coefficient (Wildman–Crippen LogP) is 7.41. The third-order valence-corrected chi connectivity index (χ3v) is 4.85. The fraction of sp³-hybridized carbons (Fsp3) is 0.640. The van der Waals surface area contributed by atoms with Crippen LogP contribution in [0.5, 0.6) is 5.75 Å². The van der Waals surface area contributed by atoms with Gasteiger partial charge in [-0.05, 0) is 37.0 Å². The average molecular weight is 373 g/mol. The summed E-state index contributed by atoms with van der Waals surface area (Å²) in [5.74, 6) is 0.664. The smallest absolute Gasteiger partial charge is 0.311 e. The lowest BCUT2D eigenvalue weighted by molar-refractivity contribution is -0.134. The van der Waals surface area contributed by atoms with Crippen molar-refractivity contribution in [1.82, 2.24) is 0 Å². The first kappa shape index (κ1) is 23.5. The fourth-order valence-corrected chi connectivity index (χ4v) is 3.25. The number of rotatable bonds is 9. The number of esters is 1. The van der Waals surface area contributed by atoms with Crippen molar-refractivity contribution in [3.63, 3.8) is 0 Å². The number of hydrogen-bond acceptors (Lipinski definition) is 2. The molecule has 1 rings (SSSR count).